The zero-order chi connectivity index (χ0) is 14.2. The molecule has 1 atom stereocenters. The molecule has 7 heteroatoms. The molecule has 0 radical (unpaired) electrons. The smallest absolute Gasteiger partial charge is 0.262 e. The Morgan fingerprint density at radius 3 is 2.68 bits per heavy atom. The van der Waals surface area contributed by atoms with Crippen LogP contribution in [0.2, 0.25) is 0 Å². The van der Waals surface area contributed by atoms with Crippen molar-refractivity contribution in [1.29, 1.82) is 0 Å². The molecule has 19 heavy (non-hydrogen) atoms. The molecule has 1 saturated heterocycles. The first kappa shape index (κ1) is 14.3. The van der Waals surface area contributed by atoms with Gasteiger partial charge in [0.25, 0.3) is 15.0 Å². The number of likely N-dealkylation sites (tertiary alicyclic amines) is 1. The molecule has 1 aromatic rings. The Morgan fingerprint density at radius 1 is 1.47 bits per heavy atom. The fourth-order valence-electron chi connectivity index (χ4n) is 2.27. The fourth-order valence-corrected chi connectivity index (χ4v) is 3.31. The molecule has 1 fully saturated rings. The van der Waals surface area contributed by atoms with Gasteiger partial charge < -0.3 is 4.90 Å². The van der Waals surface area contributed by atoms with E-state index in [9.17, 15) is 17.6 Å². The molecule has 1 amide bonds. The molecule has 1 aliphatic heterocycles. The van der Waals surface area contributed by atoms with E-state index in [-0.39, 0.29) is 16.5 Å². The van der Waals surface area contributed by atoms with Crippen LogP contribution >= 0.6 is 10.7 Å². The van der Waals surface area contributed by atoms with Crippen molar-refractivity contribution in [1.82, 2.24) is 4.90 Å². The second-order valence-corrected chi connectivity index (χ2v) is 7.10. The number of halogens is 2. The summed E-state index contributed by atoms with van der Waals surface area (Å²) in [5.74, 6) is -1.16. The minimum Gasteiger partial charge on any atom is -0.336 e. The molecule has 1 aromatic carbocycles. The third-order valence-corrected chi connectivity index (χ3v) is 4.63. The highest BCUT2D eigenvalue weighted by Crippen LogP contribution is 2.26. The zero-order valence-corrected chi connectivity index (χ0v) is 11.8. The molecule has 0 spiro atoms. The van der Waals surface area contributed by atoms with Crippen molar-refractivity contribution in [3.8, 4) is 0 Å². The first-order valence-electron chi connectivity index (χ1n) is 5.86. The van der Waals surface area contributed by atoms with Gasteiger partial charge in [0.05, 0.1) is 10.5 Å². The second kappa shape index (κ2) is 5.09. The Hall–Kier alpha value is -1.14. The highest BCUT2D eigenvalue weighted by molar-refractivity contribution is 8.13. The van der Waals surface area contributed by atoms with E-state index in [1.807, 2.05) is 6.92 Å². The summed E-state index contributed by atoms with van der Waals surface area (Å²) in [6.07, 6.45) is 1.70. The summed E-state index contributed by atoms with van der Waals surface area (Å²) < 4.78 is 36.1. The highest BCUT2D eigenvalue weighted by Gasteiger charge is 2.30. The maximum atomic E-state index is 13.3. The third-order valence-electron chi connectivity index (χ3n) is 3.25. The van der Waals surface area contributed by atoms with Crippen molar-refractivity contribution in [3.05, 3.63) is 29.6 Å². The summed E-state index contributed by atoms with van der Waals surface area (Å²) in [6.45, 7) is 2.41. The van der Waals surface area contributed by atoms with Gasteiger partial charge in [-0.2, -0.15) is 0 Å². The molecule has 2 rings (SSSR count). The van der Waals surface area contributed by atoms with Gasteiger partial charge in [-0.1, -0.05) is 0 Å². The average Bonchev–Trinajstić information content (AvgIpc) is 2.72. The number of amides is 1. The van der Waals surface area contributed by atoms with Crippen molar-refractivity contribution in [2.75, 3.05) is 6.54 Å². The van der Waals surface area contributed by atoms with Crippen molar-refractivity contribution in [3.63, 3.8) is 0 Å². The van der Waals surface area contributed by atoms with Crippen molar-refractivity contribution in [2.24, 2.45) is 0 Å². The number of carbonyl (C=O) groups is 1. The third kappa shape index (κ3) is 2.90. The van der Waals surface area contributed by atoms with Crippen molar-refractivity contribution in [2.45, 2.75) is 30.7 Å². The summed E-state index contributed by atoms with van der Waals surface area (Å²) in [4.78, 5) is 13.5. The molecule has 0 saturated carbocycles. The van der Waals surface area contributed by atoms with Crippen LogP contribution in [0, 0.1) is 5.82 Å². The Bertz CT molecular complexity index is 617. The van der Waals surface area contributed by atoms with Crippen LogP contribution in [0.4, 0.5) is 4.39 Å². The van der Waals surface area contributed by atoms with Gasteiger partial charge in [0, 0.05) is 23.3 Å². The lowest BCUT2D eigenvalue weighted by Gasteiger charge is -2.22. The highest BCUT2D eigenvalue weighted by atomic mass is 35.7. The summed E-state index contributed by atoms with van der Waals surface area (Å²) >= 11 is 0. The van der Waals surface area contributed by atoms with Crippen LogP contribution in [-0.2, 0) is 9.05 Å². The van der Waals surface area contributed by atoms with Gasteiger partial charge in [-0.3, -0.25) is 4.79 Å². The summed E-state index contributed by atoms with van der Waals surface area (Å²) in [6, 6.07) is 2.93. The van der Waals surface area contributed by atoms with Crippen LogP contribution in [0.1, 0.15) is 30.1 Å². The number of hydrogen-bond acceptors (Lipinski definition) is 3. The second-order valence-electron chi connectivity index (χ2n) is 4.57. The molecular formula is C12H13ClFNO3S. The van der Waals surface area contributed by atoms with Gasteiger partial charge in [0.2, 0.25) is 0 Å². The van der Waals surface area contributed by atoms with Gasteiger partial charge in [-0.25, -0.2) is 12.8 Å². The lowest BCUT2D eigenvalue weighted by Crippen LogP contribution is -2.34. The lowest BCUT2D eigenvalue weighted by atomic mass is 10.1. The molecule has 0 bridgehead atoms. The predicted molar refractivity (Wildman–Crippen MR) is 69.2 cm³/mol. The SMILES string of the molecule is CC1CCCN1C(=O)c1cc(F)ccc1S(=O)(=O)Cl. The first-order valence-corrected chi connectivity index (χ1v) is 8.17. The Kier molecular flexibility index (Phi) is 3.82. The quantitative estimate of drug-likeness (QED) is 0.788. The number of benzene rings is 1. The normalized spacial score (nSPS) is 19.7. The van der Waals surface area contributed by atoms with Gasteiger partial charge >= 0.3 is 0 Å². The molecule has 0 aromatic heterocycles. The topological polar surface area (TPSA) is 54.5 Å². The molecule has 104 valence electrons. The maximum Gasteiger partial charge on any atom is 0.262 e. The van der Waals surface area contributed by atoms with E-state index >= 15 is 0 Å². The van der Waals surface area contributed by atoms with Crippen LogP contribution in [0.15, 0.2) is 23.1 Å². The maximum absolute atomic E-state index is 13.3. The molecule has 4 nitrogen and oxygen atoms in total. The van der Waals surface area contributed by atoms with Crippen LogP contribution < -0.4 is 0 Å². The Labute approximate surface area is 115 Å². The lowest BCUT2D eigenvalue weighted by molar-refractivity contribution is 0.0743. The van der Waals surface area contributed by atoms with E-state index in [2.05, 4.69) is 0 Å². The van der Waals surface area contributed by atoms with E-state index in [4.69, 9.17) is 10.7 Å². The van der Waals surface area contributed by atoms with E-state index in [1.165, 1.54) is 0 Å². The van der Waals surface area contributed by atoms with E-state index < -0.39 is 20.8 Å². The predicted octanol–water partition coefficient (Wildman–Crippen LogP) is 2.38. The van der Waals surface area contributed by atoms with Crippen LogP contribution in [0.5, 0.6) is 0 Å². The summed E-state index contributed by atoms with van der Waals surface area (Å²) in [7, 11) is 1.20. The molecule has 0 N–H and O–H groups in total. The minimum absolute atomic E-state index is 0.0154. The molecular weight excluding hydrogens is 293 g/mol. The van der Waals surface area contributed by atoms with Gasteiger partial charge in [-0.05, 0) is 38.0 Å². The number of rotatable bonds is 2. The van der Waals surface area contributed by atoms with E-state index in [0.29, 0.717) is 6.54 Å². The van der Waals surface area contributed by atoms with Crippen LogP contribution in [-0.4, -0.2) is 31.8 Å². The van der Waals surface area contributed by atoms with Gasteiger partial charge in [0.1, 0.15) is 5.82 Å². The molecule has 1 heterocycles. The van der Waals surface area contributed by atoms with Crippen LogP contribution in [0.3, 0.4) is 0 Å². The van der Waals surface area contributed by atoms with Crippen LogP contribution in [0.25, 0.3) is 0 Å². The number of carbonyl (C=O) groups excluding carboxylic acids is 1. The average molecular weight is 306 g/mol. The number of nitrogens with zero attached hydrogens (tertiary/aromatic N) is 1. The fraction of sp³-hybridized carbons (Fsp3) is 0.417. The van der Waals surface area contributed by atoms with E-state index in [1.54, 1.807) is 4.90 Å². The molecule has 0 aliphatic carbocycles. The Balaban J connectivity index is 2.49. The van der Waals surface area contributed by atoms with Gasteiger partial charge in [0.15, 0.2) is 0 Å². The Morgan fingerprint density at radius 2 is 2.16 bits per heavy atom. The van der Waals surface area contributed by atoms with Gasteiger partial charge in [-0.15, -0.1) is 0 Å². The largest absolute Gasteiger partial charge is 0.336 e. The minimum atomic E-state index is -4.08. The van der Waals surface area contributed by atoms with Crippen molar-refractivity contribution >= 4 is 25.6 Å². The summed E-state index contributed by atoms with van der Waals surface area (Å²) in [5, 5.41) is 0. The first-order chi connectivity index (χ1) is 8.80. The molecule has 1 aliphatic rings. The standard InChI is InChI=1S/C12H13ClFNO3S/c1-8-3-2-6-15(8)12(16)10-7-9(14)4-5-11(10)19(13,17)18/h4-5,7-8H,2-3,6H2,1H3. The summed E-state index contributed by atoms with van der Waals surface area (Å²) in [5.41, 5.74) is -0.205. The number of hydrogen-bond donors (Lipinski definition) is 0. The zero-order valence-electron chi connectivity index (χ0n) is 10.3. The van der Waals surface area contributed by atoms with E-state index in [0.717, 1.165) is 31.0 Å². The van der Waals surface area contributed by atoms with Crippen molar-refractivity contribution < 1.29 is 17.6 Å². The monoisotopic (exact) mass is 305 g/mol. The molecule has 1 unspecified atom stereocenters.